The van der Waals surface area contributed by atoms with Gasteiger partial charge in [0.2, 0.25) is 0 Å². The molecule has 1 aromatic rings. The molecule has 6 nitrogen and oxygen atoms in total. The summed E-state index contributed by atoms with van der Waals surface area (Å²) in [6, 6.07) is 2.06. The first-order valence-corrected chi connectivity index (χ1v) is 10.8. The second kappa shape index (κ2) is 8.50. The molecule has 0 aromatic carbocycles. The second-order valence-electron chi connectivity index (χ2n) is 6.87. The van der Waals surface area contributed by atoms with Crippen molar-refractivity contribution in [2.24, 2.45) is 0 Å². The third-order valence-corrected chi connectivity index (χ3v) is 6.66. The van der Waals surface area contributed by atoms with Gasteiger partial charge in [0.25, 0.3) is 11.5 Å². The Kier molecular flexibility index (Phi) is 6.26. The maximum absolute atomic E-state index is 12.9. The molecule has 0 radical (unpaired) electrons. The number of aromatic nitrogens is 1. The molecule has 0 N–H and O–H groups in total. The second-order valence-corrected chi connectivity index (χ2v) is 8.55. The van der Waals surface area contributed by atoms with Crippen molar-refractivity contribution in [1.82, 2.24) is 9.47 Å². The molecule has 28 heavy (non-hydrogen) atoms. The van der Waals surface area contributed by atoms with Gasteiger partial charge in [-0.15, -0.1) is 0 Å². The highest BCUT2D eigenvalue weighted by Crippen LogP contribution is 2.36. The molecule has 2 aliphatic heterocycles. The first-order chi connectivity index (χ1) is 13.4. The van der Waals surface area contributed by atoms with Crippen LogP contribution in [0, 0.1) is 18.3 Å². The largest absolute Gasteiger partial charge is 0.357 e. The molecule has 1 aromatic heterocycles. The molecule has 8 heteroatoms. The molecule has 2 saturated heterocycles. The highest BCUT2D eigenvalue weighted by molar-refractivity contribution is 8.26. The number of hydrogen-bond acceptors (Lipinski definition) is 6. The van der Waals surface area contributed by atoms with Gasteiger partial charge in [-0.2, -0.15) is 5.26 Å². The lowest BCUT2D eigenvalue weighted by Crippen LogP contribution is -2.37. The van der Waals surface area contributed by atoms with Crippen LogP contribution in [0.2, 0.25) is 0 Å². The molecule has 148 valence electrons. The number of thioether (sulfide) groups is 1. The van der Waals surface area contributed by atoms with Crippen LogP contribution in [0.4, 0.5) is 5.82 Å². The van der Waals surface area contributed by atoms with E-state index < -0.39 is 0 Å². The van der Waals surface area contributed by atoms with Gasteiger partial charge in [-0.3, -0.25) is 19.1 Å². The van der Waals surface area contributed by atoms with E-state index in [9.17, 15) is 14.9 Å². The van der Waals surface area contributed by atoms with Crippen LogP contribution in [0.3, 0.4) is 0 Å². The molecule has 0 bridgehead atoms. The van der Waals surface area contributed by atoms with Crippen molar-refractivity contribution >= 4 is 46.1 Å². The van der Waals surface area contributed by atoms with E-state index in [1.807, 2.05) is 19.9 Å². The quantitative estimate of drug-likeness (QED) is 0.554. The zero-order valence-corrected chi connectivity index (χ0v) is 18.1. The summed E-state index contributed by atoms with van der Waals surface area (Å²) in [5, 5.41) is 9.58. The number of thiocarbonyl (C=S) groups is 1. The van der Waals surface area contributed by atoms with E-state index in [0.717, 1.165) is 37.3 Å². The molecule has 3 rings (SSSR count). The summed E-state index contributed by atoms with van der Waals surface area (Å²) in [4.78, 5) is 30.0. The monoisotopic (exact) mass is 416 g/mol. The molecular weight excluding hydrogens is 392 g/mol. The average molecular weight is 417 g/mol. The lowest BCUT2D eigenvalue weighted by atomic mass is 10.0. The van der Waals surface area contributed by atoms with Gasteiger partial charge >= 0.3 is 0 Å². The lowest BCUT2D eigenvalue weighted by Gasteiger charge is -2.33. The van der Waals surface area contributed by atoms with E-state index in [1.165, 1.54) is 18.2 Å². The summed E-state index contributed by atoms with van der Waals surface area (Å²) in [6.45, 7) is 8.31. The highest BCUT2D eigenvalue weighted by Gasteiger charge is 2.32. The van der Waals surface area contributed by atoms with Gasteiger partial charge in [-0.25, -0.2) is 0 Å². The summed E-state index contributed by atoms with van der Waals surface area (Å²) in [5.74, 6) is 0.694. The van der Waals surface area contributed by atoms with E-state index in [2.05, 4.69) is 11.0 Å². The van der Waals surface area contributed by atoms with Crippen molar-refractivity contribution in [2.75, 3.05) is 24.5 Å². The van der Waals surface area contributed by atoms with Crippen LogP contribution < -0.4 is 10.5 Å². The Bertz CT molecular complexity index is 952. The van der Waals surface area contributed by atoms with Crippen LogP contribution in [0.1, 0.15) is 49.8 Å². The number of rotatable bonds is 4. The van der Waals surface area contributed by atoms with Gasteiger partial charge in [0.05, 0.1) is 4.91 Å². The van der Waals surface area contributed by atoms with Crippen LogP contribution in [0.15, 0.2) is 9.70 Å². The minimum Gasteiger partial charge on any atom is -0.357 e. The Morgan fingerprint density at radius 3 is 2.39 bits per heavy atom. The molecule has 3 heterocycles. The molecule has 0 aliphatic carbocycles. The van der Waals surface area contributed by atoms with Crippen LogP contribution in [-0.4, -0.2) is 39.3 Å². The number of nitrogens with zero attached hydrogens (tertiary/aromatic N) is 4. The smallest absolute Gasteiger partial charge is 0.270 e. The van der Waals surface area contributed by atoms with Crippen LogP contribution in [0.25, 0.3) is 6.08 Å². The van der Waals surface area contributed by atoms with Gasteiger partial charge in [0, 0.05) is 31.7 Å². The number of hydrogen-bond donors (Lipinski definition) is 0. The van der Waals surface area contributed by atoms with Gasteiger partial charge in [-0.1, -0.05) is 24.0 Å². The van der Waals surface area contributed by atoms with E-state index in [1.54, 1.807) is 16.4 Å². The Morgan fingerprint density at radius 1 is 1.18 bits per heavy atom. The minimum absolute atomic E-state index is 0.116. The topological polar surface area (TPSA) is 69.3 Å². The van der Waals surface area contributed by atoms with Crippen molar-refractivity contribution < 1.29 is 4.79 Å². The van der Waals surface area contributed by atoms with Crippen molar-refractivity contribution in [2.45, 2.75) is 46.6 Å². The lowest BCUT2D eigenvalue weighted by molar-refractivity contribution is -0.121. The fourth-order valence-electron chi connectivity index (χ4n) is 3.79. The molecule has 1 amide bonds. The van der Waals surface area contributed by atoms with Crippen LogP contribution in [0.5, 0.6) is 0 Å². The average Bonchev–Trinajstić information content (AvgIpc) is 2.97. The molecule has 2 fully saturated rings. The summed E-state index contributed by atoms with van der Waals surface area (Å²) in [7, 11) is 0. The highest BCUT2D eigenvalue weighted by atomic mass is 32.2. The number of anilines is 1. The van der Waals surface area contributed by atoms with Gasteiger partial charge < -0.3 is 4.90 Å². The van der Waals surface area contributed by atoms with E-state index in [-0.39, 0.29) is 17.0 Å². The molecule has 0 unspecified atom stereocenters. The zero-order valence-electron chi connectivity index (χ0n) is 16.4. The number of likely N-dealkylation sites (N-methyl/N-ethyl adjacent to an activating group) is 1. The van der Waals surface area contributed by atoms with E-state index in [4.69, 9.17) is 12.2 Å². The Morgan fingerprint density at radius 2 is 1.86 bits per heavy atom. The summed E-state index contributed by atoms with van der Waals surface area (Å²) >= 11 is 6.60. The number of carbonyl (C=O) groups excluding carboxylic acids is 1. The maximum Gasteiger partial charge on any atom is 0.270 e. The Labute approximate surface area is 174 Å². The third kappa shape index (κ3) is 3.49. The fourth-order valence-corrected chi connectivity index (χ4v) is 5.15. The maximum atomic E-state index is 12.9. The third-order valence-electron chi connectivity index (χ3n) is 5.28. The molecule has 0 atom stereocenters. The number of pyridine rings is 1. The predicted octanol–water partition coefficient (Wildman–Crippen LogP) is 3.26. The Balaban J connectivity index is 2.26. The van der Waals surface area contributed by atoms with Crippen LogP contribution >= 0.6 is 24.0 Å². The summed E-state index contributed by atoms with van der Waals surface area (Å²) in [6.07, 6.45) is 5.12. The summed E-state index contributed by atoms with van der Waals surface area (Å²) in [5.41, 5.74) is 1.28. The van der Waals surface area contributed by atoms with Gasteiger partial charge in [0.1, 0.15) is 21.8 Å². The van der Waals surface area contributed by atoms with Crippen molar-refractivity contribution in [1.29, 1.82) is 5.26 Å². The van der Waals surface area contributed by atoms with Crippen molar-refractivity contribution in [3.05, 3.63) is 31.9 Å². The number of piperidine rings is 1. The zero-order chi connectivity index (χ0) is 20.4. The standard InChI is InChI=1S/C20H24N4O2S2/c1-4-23-17(22-9-7-6-8-10-22)14(13(3)15(12-21)18(23)25)11-16-19(26)24(5-2)20(27)28-16/h11H,4-10H2,1-3H3. The first-order valence-electron chi connectivity index (χ1n) is 9.62. The fraction of sp³-hybridized carbons (Fsp3) is 0.500. The van der Waals surface area contributed by atoms with Gasteiger partial charge in [-0.05, 0) is 51.7 Å². The van der Waals surface area contributed by atoms with Crippen molar-refractivity contribution in [3.63, 3.8) is 0 Å². The van der Waals surface area contributed by atoms with Gasteiger partial charge in [0.15, 0.2) is 0 Å². The minimum atomic E-state index is -0.263. The number of carbonyl (C=O) groups is 1. The SMILES string of the molecule is CCN1C(=O)C(=Cc2c(C)c(C#N)c(=O)n(CC)c2N2CCCCC2)SC1=S. The molecule has 0 saturated carbocycles. The summed E-state index contributed by atoms with van der Waals surface area (Å²) < 4.78 is 2.21. The van der Waals surface area contributed by atoms with Crippen LogP contribution in [-0.2, 0) is 11.3 Å². The predicted molar refractivity (Wildman–Crippen MR) is 117 cm³/mol. The van der Waals surface area contributed by atoms with Crippen molar-refractivity contribution in [3.8, 4) is 6.07 Å². The number of amides is 1. The normalized spacial score (nSPS) is 18.9. The Hall–Kier alpha value is -2.11. The molecule has 2 aliphatic rings. The van der Waals surface area contributed by atoms with E-state index >= 15 is 0 Å². The molecule has 0 spiro atoms. The first kappa shape index (κ1) is 20.6. The number of nitriles is 1. The van der Waals surface area contributed by atoms with E-state index in [0.29, 0.717) is 27.9 Å². The molecular formula is C20H24N4O2S2.